The van der Waals surface area contributed by atoms with Gasteiger partial charge in [-0.15, -0.1) is 0 Å². The molecule has 0 aromatic heterocycles. The summed E-state index contributed by atoms with van der Waals surface area (Å²) in [6.07, 6.45) is -1.75. The molecule has 0 spiro atoms. The number of nitro groups is 1. The Morgan fingerprint density at radius 2 is 2.00 bits per heavy atom. The molecule has 0 saturated carbocycles. The van der Waals surface area contributed by atoms with Gasteiger partial charge in [-0.1, -0.05) is 6.07 Å². The highest BCUT2D eigenvalue weighted by molar-refractivity contribution is 7.58. The Labute approximate surface area is 136 Å². The number of anilines is 1. The molecule has 132 valence electrons. The number of carbonyl (C=O) groups is 2. The molecule has 4 N–H and O–H groups in total. The van der Waals surface area contributed by atoms with Crippen molar-refractivity contribution in [2.75, 3.05) is 17.8 Å². The molecule has 0 heterocycles. The van der Waals surface area contributed by atoms with Gasteiger partial charge in [0.1, 0.15) is 0 Å². The SMILES string of the molecule is O=C(O)CCC(CP(=O)(O)CNc1cccc([N+](=O)[O-])c1)C(=O)O. The van der Waals surface area contributed by atoms with Crippen molar-refractivity contribution in [2.45, 2.75) is 12.8 Å². The third kappa shape index (κ3) is 6.76. The second-order valence-electron chi connectivity index (χ2n) is 5.14. The minimum atomic E-state index is -3.92. The molecule has 2 unspecified atom stereocenters. The third-order valence-electron chi connectivity index (χ3n) is 3.15. The number of hydrogen-bond acceptors (Lipinski definition) is 6. The van der Waals surface area contributed by atoms with Gasteiger partial charge in [-0.3, -0.25) is 24.3 Å². The van der Waals surface area contributed by atoms with E-state index in [-0.39, 0.29) is 17.8 Å². The van der Waals surface area contributed by atoms with E-state index in [1.165, 1.54) is 24.3 Å². The van der Waals surface area contributed by atoms with Crippen LogP contribution in [0.25, 0.3) is 0 Å². The molecule has 0 radical (unpaired) electrons. The lowest BCUT2D eigenvalue weighted by atomic mass is 10.1. The molecule has 0 aliphatic rings. The average molecular weight is 360 g/mol. The number of carboxylic acid groups (broad SMARTS) is 2. The Morgan fingerprint density at radius 1 is 1.33 bits per heavy atom. The lowest BCUT2D eigenvalue weighted by Crippen LogP contribution is -2.21. The Hall–Kier alpha value is -2.45. The zero-order valence-corrected chi connectivity index (χ0v) is 13.4. The van der Waals surface area contributed by atoms with Gasteiger partial charge in [0.15, 0.2) is 0 Å². The highest BCUT2D eigenvalue weighted by Gasteiger charge is 2.29. The predicted octanol–water partition coefficient (Wildman–Crippen LogP) is 1.80. The average Bonchev–Trinajstić information content (AvgIpc) is 2.49. The van der Waals surface area contributed by atoms with E-state index in [1.54, 1.807) is 0 Å². The van der Waals surface area contributed by atoms with Crippen LogP contribution in [0.3, 0.4) is 0 Å². The monoisotopic (exact) mass is 360 g/mol. The summed E-state index contributed by atoms with van der Waals surface area (Å²) in [5.41, 5.74) is 0.0496. The molecule has 0 aliphatic heterocycles. The summed E-state index contributed by atoms with van der Waals surface area (Å²) in [5.74, 6) is -3.80. The minimum absolute atomic E-state index is 0.197. The third-order valence-corrected chi connectivity index (χ3v) is 4.81. The molecule has 24 heavy (non-hydrogen) atoms. The van der Waals surface area contributed by atoms with Crippen LogP contribution < -0.4 is 5.32 Å². The Morgan fingerprint density at radius 3 is 2.54 bits per heavy atom. The molecule has 0 bridgehead atoms. The zero-order valence-electron chi connectivity index (χ0n) is 12.5. The van der Waals surface area contributed by atoms with Gasteiger partial charge in [-0.25, -0.2) is 0 Å². The van der Waals surface area contributed by atoms with Crippen LogP contribution in [0.4, 0.5) is 11.4 Å². The van der Waals surface area contributed by atoms with E-state index in [9.17, 15) is 29.2 Å². The van der Waals surface area contributed by atoms with Crippen LogP contribution >= 0.6 is 7.37 Å². The van der Waals surface area contributed by atoms with Crippen molar-refractivity contribution >= 4 is 30.7 Å². The number of non-ortho nitro benzene ring substituents is 1. The highest BCUT2D eigenvalue weighted by atomic mass is 31.2. The van der Waals surface area contributed by atoms with Gasteiger partial charge in [-0.2, -0.15) is 0 Å². The number of rotatable bonds is 10. The summed E-state index contributed by atoms with van der Waals surface area (Å²) in [6, 6.07) is 5.30. The van der Waals surface area contributed by atoms with Gasteiger partial charge in [0.05, 0.1) is 17.1 Å². The molecule has 0 amide bonds. The van der Waals surface area contributed by atoms with Crippen LogP contribution in [0, 0.1) is 16.0 Å². The second-order valence-corrected chi connectivity index (χ2v) is 7.51. The molecule has 2 atom stereocenters. The van der Waals surface area contributed by atoms with Crippen LogP contribution in [0.1, 0.15) is 12.8 Å². The van der Waals surface area contributed by atoms with Crippen molar-refractivity contribution in [1.29, 1.82) is 0 Å². The second kappa shape index (κ2) is 8.42. The fourth-order valence-electron chi connectivity index (χ4n) is 1.94. The molecule has 11 heteroatoms. The lowest BCUT2D eigenvalue weighted by molar-refractivity contribution is -0.384. The first-order chi connectivity index (χ1) is 11.1. The van der Waals surface area contributed by atoms with Crippen LogP contribution in [-0.2, 0) is 14.2 Å². The van der Waals surface area contributed by atoms with Gasteiger partial charge >= 0.3 is 11.9 Å². The van der Waals surface area contributed by atoms with Crippen molar-refractivity contribution in [1.82, 2.24) is 0 Å². The molecule has 1 rings (SSSR count). The van der Waals surface area contributed by atoms with Gasteiger partial charge in [0, 0.05) is 30.4 Å². The number of nitrogens with one attached hydrogen (secondary N) is 1. The van der Waals surface area contributed by atoms with Crippen molar-refractivity contribution < 1.29 is 34.2 Å². The van der Waals surface area contributed by atoms with Gasteiger partial charge in [0.2, 0.25) is 7.37 Å². The Bertz CT molecular complexity index is 678. The summed E-state index contributed by atoms with van der Waals surface area (Å²) >= 11 is 0. The smallest absolute Gasteiger partial charge is 0.307 e. The fourth-order valence-corrected chi connectivity index (χ4v) is 3.53. The maximum atomic E-state index is 12.1. The van der Waals surface area contributed by atoms with Gasteiger partial charge < -0.3 is 20.4 Å². The first kappa shape index (κ1) is 19.6. The first-order valence-electron chi connectivity index (χ1n) is 6.84. The summed E-state index contributed by atoms with van der Waals surface area (Å²) in [7, 11) is -3.92. The summed E-state index contributed by atoms with van der Waals surface area (Å²) in [6.45, 7) is 0. The largest absolute Gasteiger partial charge is 0.481 e. The molecular formula is C13H17N2O8P. The predicted molar refractivity (Wildman–Crippen MR) is 84.3 cm³/mol. The number of nitro benzene ring substituents is 1. The first-order valence-corrected chi connectivity index (χ1v) is 8.87. The minimum Gasteiger partial charge on any atom is -0.481 e. The Kier molecular flexibility index (Phi) is 6.87. The number of benzene rings is 1. The molecule has 1 aromatic rings. The van der Waals surface area contributed by atoms with Crippen LogP contribution in [0.5, 0.6) is 0 Å². The zero-order chi connectivity index (χ0) is 18.3. The van der Waals surface area contributed by atoms with Crippen molar-refractivity contribution in [3.63, 3.8) is 0 Å². The standard InChI is InChI=1S/C13H17N2O8P/c16-12(17)5-4-9(13(18)19)7-24(22,23)8-14-10-2-1-3-11(6-10)15(20)21/h1-3,6,9,14H,4-5,7-8H2,(H,16,17)(H,18,19)(H,22,23). The summed E-state index contributed by atoms with van der Waals surface area (Å²) < 4.78 is 12.1. The Balaban J connectivity index is 2.69. The topological polar surface area (TPSA) is 167 Å². The molecule has 0 fully saturated rings. The quantitative estimate of drug-likeness (QED) is 0.276. The summed E-state index contributed by atoms with van der Waals surface area (Å²) in [4.78, 5) is 41.5. The number of aliphatic carboxylic acids is 2. The fraction of sp³-hybridized carbons (Fsp3) is 0.385. The number of hydrogen-bond donors (Lipinski definition) is 4. The number of nitrogens with zero attached hydrogens (tertiary/aromatic N) is 1. The van der Waals surface area contributed by atoms with E-state index >= 15 is 0 Å². The molecule has 0 aliphatic carbocycles. The van der Waals surface area contributed by atoms with Crippen LogP contribution in [0.15, 0.2) is 24.3 Å². The van der Waals surface area contributed by atoms with E-state index in [0.29, 0.717) is 0 Å². The van der Waals surface area contributed by atoms with Crippen molar-refractivity contribution in [3.8, 4) is 0 Å². The van der Waals surface area contributed by atoms with Crippen LogP contribution in [0.2, 0.25) is 0 Å². The van der Waals surface area contributed by atoms with Crippen LogP contribution in [-0.4, -0.2) is 44.4 Å². The lowest BCUT2D eigenvalue weighted by Gasteiger charge is -2.17. The van der Waals surface area contributed by atoms with E-state index in [4.69, 9.17) is 10.2 Å². The normalized spacial score (nSPS) is 14.4. The maximum Gasteiger partial charge on any atom is 0.307 e. The van der Waals surface area contributed by atoms with Crippen molar-refractivity contribution in [2.24, 2.45) is 5.92 Å². The van der Waals surface area contributed by atoms with E-state index in [2.05, 4.69) is 5.32 Å². The van der Waals surface area contributed by atoms with Crippen molar-refractivity contribution in [3.05, 3.63) is 34.4 Å². The van der Waals surface area contributed by atoms with E-state index in [0.717, 1.165) is 0 Å². The number of carboxylic acids is 2. The summed E-state index contributed by atoms with van der Waals surface area (Å²) in [5, 5.41) is 30.8. The highest BCUT2D eigenvalue weighted by Crippen LogP contribution is 2.43. The molecule has 0 saturated heterocycles. The molecule has 1 aromatic carbocycles. The molecule has 10 nitrogen and oxygen atoms in total. The van der Waals surface area contributed by atoms with E-state index < -0.39 is 49.0 Å². The van der Waals surface area contributed by atoms with Gasteiger partial charge in [-0.05, 0) is 12.5 Å². The maximum absolute atomic E-state index is 12.1. The van der Waals surface area contributed by atoms with E-state index in [1.807, 2.05) is 0 Å². The molecular weight excluding hydrogens is 343 g/mol. The van der Waals surface area contributed by atoms with Gasteiger partial charge in [0.25, 0.3) is 5.69 Å².